The van der Waals surface area contributed by atoms with Crippen LogP contribution in [0, 0.1) is 0 Å². The van der Waals surface area contributed by atoms with E-state index in [1.54, 1.807) is 72.1 Å². The zero-order valence-electron chi connectivity index (χ0n) is 14.3. The third kappa shape index (κ3) is 3.66. The molecule has 0 aliphatic rings. The Morgan fingerprint density at radius 2 is 1.81 bits per heavy atom. The van der Waals surface area contributed by atoms with Gasteiger partial charge in [-0.05, 0) is 47.8 Å². The van der Waals surface area contributed by atoms with Crippen molar-refractivity contribution >= 4 is 33.0 Å². The zero-order valence-corrected chi connectivity index (χ0v) is 16.0. The first-order valence-electron chi connectivity index (χ1n) is 7.80. The van der Waals surface area contributed by atoms with E-state index in [2.05, 4.69) is 0 Å². The van der Waals surface area contributed by atoms with Gasteiger partial charge in [-0.25, -0.2) is 8.42 Å². The van der Waals surface area contributed by atoms with Gasteiger partial charge in [0.05, 0.1) is 18.5 Å². The molecule has 0 N–H and O–H groups in total. The molecule has 0 aliphatic heterocycles. The fraction of sp³-hybridized carbons (Fsp3) is 0.167. The lowest BCUT2D eigenvalue weighted by Gasteiger charge is -2.19. The zero-order chi connectivity index (χ0) is 18.7. The van der Waals surface area contributed by atoms with E-state index >= 15 is 0 Å². The van der Waals surface area contributed by atoms with Crippen LogP contribution in [0.1, 0.15) is 16.1 Å². The molecular weight excluding hydrogens is 372 g/mol. The lowest BCUT2D eigenvalue weighted by molar-refractivity contribution is 0.0775. The Balaban J connectivity index is 1.74. The Morgan fingerprint density at radius 3 is 2.38 bits per heavy atom. The predicted molar refractivity (Wildman–Crippen MR) is 101 cm³/mol. The molecule has 0 saturated heterocycles. The number of amides is 1. The van der Waals surface area contributed by atoms with E-state index in [1.807, 2.05) is 0 Å². The van der Waals surface area contributed by atoms with Gasteiger partial charge in [0.1, 0.15) is 9.97 Å². The van der Waals surface area contributed by atoms with Crippen LogP contribution in [0.4, 0.5) is 5.69 Å². The maximum Gasteiger partial charge on any atom is 0.273 e. The summed E-state index contributed by atoms with van der Waals surface area (Å²) >= 11 is 1.17. The van der Waals surface area contributed by atoms with Gasteiger partial charge >= 0.3 is 0 Å². The number of benzene rings is 1. The second-order valence-electron chi connectivity index (χ2n) is 5.69. The summed E-state index contributed by atoms with van der Waals surface area (Å²) < 4.78 is 31.8. The van der Waals surface area contributed by atoms with Crippen molar-refractivity contribution in [3.8, 4) is 0 Å². The Hall–Kier alpha value is -2.58. The smallest absolute Gasteiger partial charge is 0.273 e. The third-order valence-corrected chi connectivity index (χ3v) is 7.07. The molecule has 0 unspecified atom stereocenters. The molecule has 3 rings (SSSR count). The topological polar surface area (TPSA) is 70.8 Å². The minimum Gasteiger partial charge on any atom is -0.467 e. The van der Waals surface area contributed by atoms with E-state index in [0.717, 1.165) is 0 Å². The van der Waals surface area contributed by atoms with E-state index < -0.39 is 10.0 Å². The minimum absolute atomic E-state index is 0.170. The number of sulfonamides is 1. The predicted octanol–water partition coefficient (Wildman–Crippen LogP) is 3.44. The van der Waals surface area contributed by atoms with Crippen molar-refractivity contribution in [2.75, 3.05) is 18.4 Å². The second-order valence-corrected chi connectivity index (χ2v) is 8.84. The summed E-state index contributed by atoms with van der Waals surface area (Å²) in [5, 5.41) is 1.72. The largest absolute Gasteiger partial charge is 0.467 e. The number of furan rings is 1. The van der Waals surface area contributed by atoms with Gasteiger partial charge < -0.3 is 9.32 Å². The number of carbonyl (C=O) groups is 1. The quantitative estimate of drug-likeness (QED) is 0.646. The maximum atomic E-state index is 12.5. The summed E-state index contributed by atoms with van der Waals surface area (Å²) in [5.41, 5.74) is 0.966. The summed E-state index contributed by atoms with van der Waals surface area (Å²) in [6.45, 7) is 0.361. The molecule has 0 radical (unpaired) electrons. The van der Waals surface area contributed by atoms with Crippen molar-refractivity contribution in [1.29, 1.82) is 0 Å². The molecule has 0 fully saturated rings. The Bertz CT molecular complexity index is 963. The molecule has 0 saturated carbocycles. The average molecular weight is 390 g/mol. The molecule has 0 aliphatic carbocycles. The summed E-state index contributed by atoms with van der Waals surface area (Å²) in [6.07, 6.45) is 1.56. The Labute approximate surface area is 156 Å². The molecule has 1 amide bonds. The molecule has 3 aromatic rings. The van der Waals surface area contributed by atoms with Gasteiger partial charge in [0, 0.05) is 19.7 Å². The summed E-state index contributed by atoms with van der Waals surface area (Å²) in [6, 6.07) is 13.3. The van der Waals surface area contributed by atoms with Crippen LogP contribution in [0.25, 0.3) is 0 Å². The first kappa shape index (κ1) is 18.2. The Kier molecular flexibility index (Phi) is 5.15. The minimum atomic E-state index is -3.59. The van der Waals surface area contributed by atoms with Gasteiger partial charge in [0.2, 0.25) is 0 Å². The van der Waals surface area contributed by atoms with E-state index in [0.29, 0.717) is 23.6 Å². The lowest BCUT2D eigenvalue weighted by atomic mass is 10.2. The molecule has 2 aromatic heterocycles. The van der Waals surface area contributed by atoms with Gasteiger partial charge in [-0.15, -0.1) is 11.3 Å². The monoisotopic (exact) mass is 390 g/mol. The number of anilines is 1. The molecular formula is C18H18N2O4S2. The van der Waals surface area contributed by atoms with Crippen molar-refractivity contribution in [1.82, 2.24) is 4.90 Å². The first-order chi connectivity index (χ1) is 12.4. The number of hydrogen-bond acceptors (Lipinski definition) is 5. The fourth-order valence-electron chi connectivity index (χ4n) is 2.43. The van der Waals surface area contributed by atoms with Crippen molar-refractivity contribution < 1.29 is 17.6 Å². The van der Waals surface area contributed by atoms with E-state index in [-0.39, 0.29) is 10.1 Å². The van der Waals surface area contributed by atoms with Crippen LogP contribution < -0.4 is 4.31 Å². The molecule has 6 nitrogen and oxygen atoms in total. The highest BCUT2D eigenvalue weighted by Gasteiger charge is 2.22. The molecule has 2 heterocycles. The van der Waals surface area contributed by atoms with Gasteiger partial charge in [-0.3, -0.25) is 9.10 Å². The van der Waals surface area contributed by atoms with Crippen molar-refractivity contribution in [3.63, 3.8) is 0 Å². The van der Waals surface area contributed by atoms with Gasteiger partial charge in [-0.1, -0.05) is 6.07 Å². The van der Waals surface area contributed by atoms with E-state index in [9.17, 15) is 13.2 Å². The normalized spacial score (nSPS) is 11.3. The van der Waals surface area contributed by atoms with E-state index in [4.69, 9.17) is 4.42 Å². The van der Waals surface area contributed by atoms with Gasteiger partial charge in [0.15, 0.2) is 0 Å². The number of thiophene rings is 1. The van der Waals surface area contributed by atoms with Gasteiger partial charge in [-0.2, -0.15) is 0 Å². The van der Waals surface area contributed by atoms with Crippen LogP contribution in [0.3, 0.4) is 0 Å². The first-order valence-corrected chi connectivity index (χ1v) is 10.1. The standard InChI is InChI=1S/C18H18N2O4S2/c1-19(13-16-5-3-11-24-16)18(21)14-7-9-15(10-8-14)20(2)26(22,23)17-6-4-12-25-17/h3-12H,13H2,1-2H3. The highest BCUT2D eigenvalue weighted by molar-refractivity contribution is 7.94. The average Bonchev–Trinajstić information content (AvgIpc) is 3.34. The second kappa shape index (κ2) is 7.35. The fourth-order valence-corrected chi connectivity index (χ4v) is 4.78. The van der Waals surface area contributed by atoms with Crippen molar-refractivity contribution in [3.05, 3.63) is 71.5 Å². The third-order valence-electron chi connectivity index (χ3n) is 3.91. The summed E-state index contributed by atoms with van der Waals surface area (Å²) in [7, 11) is -0.407. The number of nitrogens with zero attached hydrogens (tertiary/aromatic N) is 2. The molecule has 136 valence electrons. The number of hydrogen-bond donors (Lipinski definition) is 0. The van der Waals surface area contributed by atoms with Crippen LogP contribution in [-0.4, -0.2) is 33.3 Å². The van der Waals surface area contributed by atoms with Crippen LogP contribution in [0.15, 0.2) is 68.8 Å². The molecule has 0 spiro atoms. The molecule has 26 heavy (non-hydrogen) atoms. The number of rotatable bonds is 6. The van der Waals surface area contributed by atoms with Crippen molar-refractivity contribution in [2.24, 2.45) is 0 Å². The molecule has 8 heteroatoms. The molecule has 0 atom stereocenters. The Morgan fingerprint density at radius 1 is 1.08 bits per heavy atom. The van der Waals surface area contributed by atoms with Gasteiger partial charge in [0.25, 0.3) is 15.9 Å². The highest BCUT2D eigenvalue weighted by atomic mass is 32.2. The van der Waals surface area contributed by atoms with Crippen molar-refractivity contribution in [2.45, 2.75) is 10.8 Å². The van der Waals surface area contributed by atoms with Crippen LogP contribution in [0.5, 0.6) is 0 Å². The summed E-state index contributed by atoms with van der Waals surface area (Å²) in [5.74, 6) is 0.524. The SMILES string of the molecule is CN(Cc1ccco1)C(=O)c1ccc(N(C)S(=O)(=O)c2cccs2)cc1. The van der Waals surface area contributed by atoms with E-state index in [1.165, 1.54) is 22.7 Å². The maximum absolute atomic E-state index is 12.5. The van der Waals surface area contributed by atoms with Crippen LogP contribution in [0.2, 0.25) is 0 Å². The van der Waals surface area contributed by atoms with Crippen LogP contribution >= 0.6 is 11.3 Å². The lowest BCUT2D eigenvalue weighted by Crippen LogP contribution is -2.27. The summed E-state index contributed by atoms with van der Waals surface area (Å²) in [4.78, 5) is 14.0. The number of carbonyl (C=O) groups excluding carboxylic acids is 1. The molecule has 1 aromatic carbocycles. The highest BCUT2D eigenvalue weighted by Crippen LogP contribution is 2.25. The molecule has 0 bridgehead atoms. The van der Waals surface area contributed by atoms with Crippen LogP contribution in [-0.2, 0) is 16.6 Å².